The average Bonchev–Trinajstić information content (AvgIpc) is 3.04. The zero-order valence-corrected chi connectivity index (χ0v) is 16.5. The first-order valence-corrected chi connectivity index (χ1v) is 9.54. The molecule has 8 heteroatoms. The van der Waals surface area contributed by atoms with Crippen molar-refractivity contribution in [3.8, 4) is 0 Å². The van der Waals surface area contributed by atoms with Crippen molar-refractivity contribution in [2.75, 3.05) is 13.1 Å². The Balaban J connectivity index is 1.65. The molecule has 0 aliphatic carbocycles. The number of likely N-dealkylation sites (tertiary alicyclic amines) is 1. The Hall–Kier alpha value is -2.12. The monoisotopic (exact) mass is 392 g/mol. The van der Waals surface area contributed by atoms with Crippen LogP contribution in [0.5, 0.6) is 0 Å². The molecule has 0 radical (unpaired) electrons. The van der Waals surface area contributed by atoms with Crippen LogP contribution in [-0.4, -0.2) is 55.9 Å². The van der Waals surface area contributed by atoms with Gasteiger partial charge in [-0.1, -0.05) is 25.4 Å². The van der Waals surface area contributed by atoms with Crippen molar-refractivity contribution in [2.24, 2.45) is 5.92 Å². The molecular formula is C19H25ClN4O3. The van der Waals surface area contributed by atoms with Crippen molar-refractivity contribution in [1.29, 1.82) is 0 Å². The number of halogens is 1. The SMILES string of the molecule is CC(C)C(C)NC(=O)C1(O)CCN(C(=O)c2cn3cc(Cl)ccc3n2)CC1. The highest BCUT2D eigenvalue weighted by atomic mass is 35.5. The highest BCUT2D eigenvalue weighted by Crippen LogP contribution is 2.24. The predicted octanol–water partition coefficient (Wildman–Crippen LogP) is 2.12. The molecule has 1 saturated heterocycles. The third-order valence-corrected chi connectivity index (χ3v) is 5.52. The average molecular weight is 393 g/mol. The lowest BCUT2D eigenvalue weighted by Crippen LogP contribution is -2.56. The van der Waals surface area contributed by atoms with Crippen LogP contribution < -0.4 is 5.32 Å². The quantitative estimate of drug-likeness (QED) is 0.834. The van der Waals surface area contributed by atoms with Crippen molar-refractivity contribution < 1.29 is 14.7 Å². The molecule has 27 heavy (non-hydrogen) atoms. The lowest BCUT2D eigenvalue weighted by molar-refractivity contribution is -0.145. The van der Waals surface area contributed by atoms with Gasteiger partial charge in [0, 0.05) is 44.4 Å². The third kappa shape index (κ3) is 4.09. The minimum Gasteiger partial charge on any atom is -0.380 e. The van der Waals surface area contributed by atoms with Crippen molar-refractivity contribution in [1.82, 2.24) is 19.6 Å². The molecule has 1 atom stereocenters. The van der Waals surface area contributed by atoms with E-state index in [0.29, 0.717) is 29.5 Å². The Labute approximate surface area is 163 Å². The number of carbonyl (C=O) groups is 2. The predicted molar refractivity (Wildman–Crippen MR) is 103 cm³/mol. The number of amides is 2. The molecule has 1 aliphatic rings. The molecule has 1 unspecified atom stereocenters. The van der Waals surface area contributed by atoms with Gasteiger partial charge in [0.2, 0.25) is 0 Å². The molecule has 0 aromatic carbocycles. The third-order valence-electron chi connectivity index (χ3n) is 5.29. The fourth-order valence-electron chi connectivity index (χ4n) is 3.04. The van der Waals surface area contributed by atoms with Crippen molar-refractivity contribution in [3.05, 3.63) is 35.2 Å². The summed E-state index contributed by atoms with van der Waals surface area (Å²) in [6, 6.07) is 3.44. The van der Waals surface area contributed by atoms with Gasteiger partial charge in [-0.15, -0.1) is 0 Å². The molecule has 1 fully saturated rings. The number of piperidine rings is 1. The molecule has 1 aliphatic heterocycles. The second kappa shape index (κ2) is 7.48. The number of rotatable bonds is 4. The van der Waals surface area contributed by atoms with E-state index in [-0.39, 0.29) is 36.6 Å². The molecule has 0 spiro atoms. The first-order valence-electron chi connectivity index (χ1n) is 9.16. The summed E-state index contributed by atoms with van der Waals surface area (Å²) in [6.45, 7) is 6.54. The summed E-state index contributed by atoms with van der Waals surface area (Å²) < 4.78 is 1.70. The molecule has 0 saturated carbocycles. The minimum absolute atomic E-state index is 0.0222. The van der Waals surface area contributed by atoms with Gasteiger partial charge in [-0.05, 0) is 25.0 Å². The van der Waals surface area contributed by atoms with E-state index in [1.807, 2.05) is 20.8 Å². The number of aromatic nitrogens is 2. The summed E-state index contributed by atoms with van der Waals surface area (Å²) in [5, 5.41) is 14.1. The molecular weight excluding hydrogens is 368 g/mol. The summed E-state index contributed by atoms with van der Waals surface area (Å²) in [5.41, 5.74) is -0.481. The van der Waals surface area contributed by atoms with Crippen LogP contribution in [0.25, 0.3) is 5.65 Å². The number of hydrogen-bond donors (Lipinski definition) is 2. The van der Waals surface area contributed by atoms with Gasteiger partial charge < -0.3 is 19.7 Å². The fraction of sp³-hybridized carbons (Fsp3) is 0.526. The van der Waals surface area contributed by atoms with Crippen LogP contribution in [0.1, 0.15) is 44.1 Å². The number of carbonyl (C=O) groups excluding carboxylic acids is 2. The highest BCUT2D eigenvalue weighted by molar-refractivity contribution is 6.30. The van der Waals surface area contributed by atoms with Crippen molar-refractivity contribution in [2.45, 2.75) is 45.3 Å². The number of nitrogens with zero attached hydrogens (tertiary/aromatic N) is 3. The number of nitrogens with one attached hydrogen (secondary N) is 1. The topological polar surface area (TPSA) is 86.9 Å². The number of aliphatic hydroxyl groups is 1. The molecule has 2 aromatic heterocycles. The highest BCUT2D eigenvalue weighted by Gasteiger charge is 2.41. The minimum atomic E-state index is -1.44. The molecule has 2 amide bonds. The first-order chi connectivity index (χ1) is 12.7. The van der Waals surface area contributed by atoms with E-state index in [2.05, 4.69) is 10.3 Å². The van der Waals surface area contributed by atoms with E-state index in [1.54, 1.807) is 33.8 Å². The van der Waals surface area contributed by atoms with Gasteiger partial charge in [0.25, 0.3) is 11.8 Å². The summed E-state index contributed by atoms with van der Waals surface area (Å²) in [7, 11) is 0. The summed E-state index contributed by atoms with van der Waals surface area (Å²) >= 11 is 5.96. The smallest absolute Gasteiger partial charge is 0.274 e. The molecule has 0 bridgehead atoms. The Morgan fingerprint density at radius 2 is 1.89 bits per heavy atom. The Bertz CT molecular complexity index is 856. The van der Waals surface area contributed by atoms with Crippen LogP contribution in [0.15, 0.2) is 24.5 Å². The maximum atomic E-state index is 12.7. The maximum absolute atomic E-state index is 12.7. The van der Waals surface area contributed by atoms with E-state index >= 15 is 0 Å². The van der Waals surface area contributed by atoms with Crippen molar-refractivity contribution >= 4 is 29.1 Å². The van der Waals surface area contributed by atoms with Crippen LogP contribution >= 0.6 is 11.6 Å². The Kier molecular flexibility index (Phi) is 5.44. The van der Waals surface area contributed by atoms with Gasteiger partial charge in [0.1, 0.15) is 16.9 Å². The van der Waals surface area contributed by atoms with Crippen LogP contribution in [0.2, 0.25) is 5.02 Å². The standard InChI is InChI=1S/C19H25ClN4O3/c1-12(2)13(3)21-18(26)19(27)6-8-23(9-7-19)17(25)15-11-24-10-14(20)4-5-16(24)22-15/h4-5,10-13,27H,6-9H2,1-3H3,(H,21,26). The maximum Gasteiger partial charge on any atom is 0.274 e. The van der Waals surface area contributed by atoms with E-state index in [9.17, 15) is 14.7 Å². The zero-order chi connectivity index (χ0) is 19.8. The molecule has 7 nitrogen and oxygen atoms in total. The summed E-state index contributed by atoms with van der Waals surface area (Å²) in [6.07, 6.45) is 3.74. The molecule has 2 N–H and O–H groups in total. The van der Waals surface area contributed by atoms with E-state index in [1.165, 1.54) is 0 Å². The van der Waals surface area contributed by atoms with Gasteiger partial charge in [0.05, 0.1) is 5.02 Å². The van der Waals surface area contributed by atoms with Crippen LogP contribution in [0, 0.1) is 5.92 Å². The Morgan fingerprint density at radius 1 is 1.22 bits per heavy atom. The van der Waals surface area contributed by atoms with Crippen molar-refractivity contribution in [3.63, 3.8) is 0 Å². The lowest BCUT2D eigenvalue weighted by Gasteiger charge is -2.37. The van der Waals surface area contributed by atoms with Crippen LogP contribution in [-0.2, 0) is 4.79 Å². The second-order valence-corrected chi connectivity index (χ2v) is 8.01. The number of pyridine rings is 1. The zero-order valence-electron chi connectivity index (χ0n) is 15.8. The number of hydrogen-bond acceptors (Lipinski definition) is 4. The van der Waals surface area contributed by atoms with Gasteiger partial charge in [-0.3, -0.25) is 9.59 Å². The molecule has 146 valence electrons. The Morgan fingerprint density at radius 3 is 2.52 bits per heavy atom. The van der Waals surface area contributed by atoms with Gasteiger partial charge in [-0.2, -0.15) is 0 Å². The van der Waals surface area contributed by atoms with E-state index in [0.717, 1.165) is 0 Å². The first kappa shape index (κ1) is 19.6. The van der Waals surface area contributed by atoms with Crippen LogP contribution in [0.3, 0.4) is 0 Å². The lowest BCUT2D eigenvalue weighted by atomic mass is 9.89. The van der Waals surface area contributed by atoms with E-state index < -0.39 is 5.60 Å². The van der Waals surface area contributed by atoms with Gasteiger partial charge >= 0.3 is 0 Å². The number of imidazole rings is 1. The van der Waals surface area contributed by atoms with Crippen LogP contribution in [0.4, 0.5) is 0 Å². The normalized spacial score (nSPS) is 17.9. The second-order valence-electron chi connectivity index (χ2n) is 7.57. The largest absolute Gasteiger partial charge is 0.380 e. The summed E-state index contributed by atoms with van der Waals surface area (Å²) in [5.74, 6) is -0.297. The van der Waals surface area contributed by atoms with E-state index in [4.69, 9.17) is 11.6 Å². The van der Waals surface area contributed by atoms with Gasteiger partial charge in [-0.25, -0.2) is 4.98 Å². The molecule has 3 heterocycles. The fourth-order valence-corrected chi connectivity index (χ4v) is 3.21. The molecule has 2 aromatic rings. The van der Waals surface area contributed by atoms with Gasteiger partial charge in [0.15, 0.2) is 0 Å². The molecule has 3 rings (SSSR count). The summed E-state index contributed by atoms with van der Waals surface area (Å²) in [4.78, 5) is 31.1. The number of fused-ring (bicyclic) bond motifs is 1.